The summed E-state index contributed by atoms with van der Waals surface area (Å²) in [6, 6.07) is 19.5. The zero-order chi connectivity index (χ0) is 24.5. The molecular formula is C26H22N4O5. The summed E-state index contributed by atoms with van der Waals surface area (Å²) in [6.45, 7) is -0.178. The van der Waals surface area contributed by atoms with Crippen LogP contribution in [0.3, 0.4) is 0 Å². The van der Waals surface area contributed by atoms with Crippen LogP contribution in [0, 0.1) is 0 Å². The van der Waals surface area contributed by atoms with Crippen molar-refractivity contribution in [2.24, 2.45) is 0 Å². The summed E-state index contributed by atoms with van der Waals surface area (Å²) in [7, 11) is 4.62. The molecule has 0 N–H and O–H groups in total. The second-order valence-electron chi connectivity index (χ2n) is 7.78. The van der Waals surface area contributed by atoms with Gasteiger partial charge in [0.05, 0.1) is 33.4 Å². The quantitative estimate of drug-likeness (QED) is 0.335. The SMILES string of the molecule is COc1ccc(-c2nc3c4ccccc4n(CC(=O)c4ccc(OC)c(OC)c4)c(=O)n3n2)cc1. The molecule has 0 spiro atoms. The number of hydrogen-bond donors (Lipinski definition) is 0. The van der Waals surface area contributed by atoms with Crippen molar-refractivity contribution in [2.45, 2.75) is 6.54 Å². The molecule has 0 unspecified atom stereocenters. The minimum Gasteiger partial charge on any atom is -0.497 e. The third-order valence-corrected chi connectivity index (χ3v) is 5.81. The van der Waals surface area contributed by atoms with E-state index in [1.165, 1.54) is 23.3 Å². The van der Waals surface area contributed by atoms with E-state index in [-0.39, 0.29) is 12.3 Å². The maximum atomic E-state index is 13.5. The molecule has 0 bridgehead atoms. The highest BCUT2D eigenvalue weighted by Gasteiger charge is 2.19. The molecule has 0 saturated heterocycles. The van der Waals surface area contributed by atoms with E-state index in [0.29, 0.717) is 45.2 Å². The monoisotopic (exact) mass is 470 g/mol. The van der Waals surface area contributed by atoms with E-state index < -0.39 is 5.69 Å². The van der Waals surface area contributed by atoms with Crippen molar-refractivity contribution in [3.63, 3.8) is 0 Å². The predicted molar refractivity (Wildman–Crippen MR) is 131 cm³/mol. The van der Waals surface area contributed by atoms with Crippen LogP contribution < -0.4 is 19.9 Å². The van der Waals surface area contributed by atoms with Gasteiger partial charge in [-0.15, -0.1) is 5.10 Å². The van der Waals surface area contributed by atoms with E-state index in [1.807, 2.05) is 30.3 Å². The van der Waals surface area contributed by atoms with E-state index in [0.717, 1.165) is 5.56 Å². The maximum Gasteiger partial charge on any atom is 0.351 e. The van der Waals surface area contributed by atoms with Crippen molar-refractivity contribution >= 4 is 22.3 Å². The number of hydrogen-bond acceptors (Lipinski definition) is 7. The number of benzene rings is 3. The van der Waals surface area contributed by atoms with Gasteiger partial charge in [0.25, 0.3) is 0 Å². The van der Waals surface area contributed by atoms with Gasteiger partial charge < -0.3 is 14.2 Å². The van der Waals surface area contributed by atoms with Gasteiger partial charge in [0, 0.05) is 16.5 Å². The molecule has 9 nitrogen and oxygen atoms in total. The van der Waals surface area contributed by atoms with Crippen LogP contribution in [0.2, 0.25) is 0 Å². The summed E-state index contributed by atoms with van der Waals surface area (Å²) in [6.07, 6.45) is 0. The second kappa shape index (κ2) is 8.94. The molecule has 5 aromatic rings. The van der Waals surface area contributed by atoms with Crippen LogP contribution >= 0.6 is 0 Å². The summed E-state index contributed by atoms with van der Waals surface area (Å²) < 4.78 is 18.4. The lowest BCUT2D eigenvalue weighted by Crippen LogP contribution is -2.30. The van der Waals surface area contributed by atoms with E-state index in [2.05, 4.69) is 10.1 Å². The second-order valence-corrected chi connectivity index (χ2v) is 7.78. The van der Waals surface area contributed by atoms with Crippen molar-refractivity contribution < 1.29 is 19.0 Å². The summed E-state index contributed by atoms with van der Waals surface area (Å²) >= 11 is 0. The van der Waals surface area contributed by atoms with Gasteiger partial charge >= 0.3 is 5.69 Å². The van der Waals surface area contributed by atoms with Crippen molar-refractivity contribution in [3.8, 4) is 28.6 Å². The zero-order valence-electron chi connectivity index (χ0n) is 19.4. The topological polar surface area (TPSA) is 97.0 Å². The molecule has 2 aromatic heterocycles. The maximum absolute atomic E-state index is 13.5. The van der Waals surface area contributed by atoms with Crippen molar-refractivity contribution in [1.82, 2.24) is 19.2 Å². The highest BCUT2D eigenvalue weighted by molar-refractivity contribution is 5.98. The molecule has 0 saturated carbocycles. The summed E-state index contributed by atoms with van der Waals surface area (Å²) in [5, 5.41) is 5.17. The number of nitrogens with zero attached hydrogens (tertiary/aromatic N) is 4. The lowest BCUT2D eigenvalue weighted by atomic mass is 10.1. The number of aromatic nitrogens is 4. The smallest absolute Gasteiger partial charge is 0.351 e. The molecule has 3 aromatic carbocycles. The number of fused-ring (bicyclic) bond motifs is 3. The van der Waals surface area contributed by atoms with Crippen LogP contribution in [0.15, 0.2) is 71.5 Å². The van der Waals surface area contributed by atoms with Crippen LogP contribution in [0.25, 0.3) is 27.9 Å². The van der Waals surface area contributed by atoms with Gasteiger partial charge in [-0.25, -0.2) is 9.78 Å². The molecule has 0 fully saturated rings. The third kappa shape index (κ3) is 3.86. The van der Waals surface area contributed by atoms with E-state index in [1.54, 1.807) is 43.5 Å². The number of methoxy groups -OCH3 is 3. The number of carbonyl (C=O) groups excluding carboxylic acids is 1. The van der Waals surface area contributed by atoms with Gasteiger partial charge in [0.1, 0.15) is 5.75 Å². The number of rotatable bonds is 7. The average Bonchev–Trinajstić information content (AvgIpc) is 3.36. The number of carbonyl (C=O) groups is 1. The lowest BCUT2D eigenvalue weighted by Gasteiger charge is -2.12. The molecule has 0 aliphatic heterocycles. The fourth-order valence-electron chi connectivity index (χ4n) is 4.00. The first-order valence-corrected chi connectivity index (χ1v) is 10.8. The number of Topliss-reactive ketones (excluding diaryl/α,β-unsaturated/α-hetero) is 1. The largest absolute Gasteiger partial charge is 0.497 e. The molecule has 2 heterocycles. The summed E-state index contributed by atoms with van der Waals surface area (Å²) in [4.78, 5) is 31.3. The highest BCUT2D eigenvalue weighted by atomic mass is 16.5. The number of ether oxygens (including phenoxy) is 3. The zero-order valence-corrected chi connectivity index (χ0v) is 19.4. The predicted octanol–water partition coefficient (Wildman–Crippen LogP) is 3.62. The Morgan fingerprint density at radius 3 is 2.34 bits per heavy atom. The van der Waals surface area contributed by atoms with Gasteiger partial charge in [-0.2, -0.15) is 4.52 Å². The van der Waals surface area contributed by atoms with E-state index >= 15 is 0 Å². The number of para-hydroxylation sites is 1. The van der Waals surface area contributed by atoms with Gasteiger partial charge in [-0.1, -0.05) is 12.1 Å². The Hall–Kier alpha value is -4.66. The van der Waals surface area contributed by atoms with Gasteiger partial charge in [-0.05, 0) is 54.6 Å². The summed E-state index contributed by atoms with van der Waals surface area (Å²) in [5.74, 6) is 1.80. The Bertz CT molecular complexity index is 1620. The molecule has 176 valence electrons. The highest BCUT2D eigenvalue weighted by Crippen LogP contribution is 2.28. The fraction of sp³-hybridized carbons (Fsp3) is 0.154. The Morgan fingerprint density at radius 1 is 0.886 bits per heavy atom. The van der Waals surface area contributed by atoms with E-state index in [9.17, 15) is 9.59 Å². The molecular weight excluding hydrogens is 448 g/mol. The minimum atomic E-state index is -0.459. The Balaban J connectivity index is 1.62. The van der Waals surface area contributed by atoms with Gasteiger partial charge in [0.2, 0.25) is 0 Å². The standard InChI is InChI=1S/C26H22N4O5/c1-33-18-11-8-16(9-12-18)24-27-25-19-6-4-5-7-20(19)29(26(32)30(25)28-24)15-21(31)17-10-13-22(34-2)23(14-17)35-3/h4-14H,15H2,1-3H3. The molecule has 0 radical (unpaired) electrons. The summed E-state index contributed by atoms with van der Waals surface area (Å²) in [5.41, 5.74) is 1.70. The normalized spacial score (nSPS) is 11.1. The van der Waals surface area contributed by atoms with Crippen LogP contribution in [-0.2, 0) is 6.54 Å². The Kier molecular flexibility index (Phi) is 5.66. The van der Waals surface area contributed by atoms with Crippen LogP contribution in [0.5, 0.6) is 17.2 Å². The van der Waals surface area contributed by atoms with Crippen LogP contribution in [-0.4, -0.2) is 46.3 Å². The lowest BCUT2D eigenvalue weighted by molar-refractivity contribution is 0.0971. The molecule has 0 aliphatic carbocycles. The molecule has 35 heavy (non-hydrogen) atoms. The Labute approximate surface area is 200 Å². The van der Waals surface area contributed by atoms with Gasteiger partial charge in [0.15, 0.2) is 28.8 Å². The minimum absolute atomic E-state index is 0.178. The first-order valence-electron chi connectivity index (χ1n) is 10.8. The first kappa shape index (κ1) is 22.1. The van der Waals surface area contributed by atoms with Crippen molar-refractivity contribution in [3.05, 3.63) is 82.8 Å². The molecule has 0 amide bonds. The van der Waals surface area contributed by atoms with Crippen molar-refractivity contribution in [1.29, 1.82) is 0 Å². The third-order valence-electron chi connectivity index (χ3n) is 5.81. The van der Waals surface area contributed by atoms with Crippen molar-refractivity contribution in [2.75, 3.05) is 21.3 Å². The van der Waals surface area contributed by atoms with Crippen LogP contribution in [0.1, 0.15) is 10.4 Å². The fourth-order valence-corrected chi connectivity index (χ4v) is 4.00. The molecule has 0 atom stereocenters. The van der Waals surface area contributed by atoms with Crippen LogP contribution in [0.4, 0.5) is 0 Å². The molecule has 0 aliphatic rings. The Morgan fingerprint density at radius 2 is 1.63 bits per heavy atom. The van der Waals surface area contributed by atoms with E-state index in [4.69, 9.17) is 14.2 Å². The molecule has 5 rings (SSSR count). The number of ketones is 1. The first-order chi connectivity index (χ1) is 17.0. The average molecular weight is 470 g/mol. The molecule has 9 heteroatoms. The van der Waals surface area contributed by atoms with Gasteiger partial charge in [-0.3, -0.25) is 9.36 Å².